The zero-order valence-corrected chi connectivity index (χ0v) is 17.3. The molecule has 3 aromatic rings. The van der Waals surface area contributed by atoms with E-state index in [0.29, 0.717) is 31.9 Å². The number of H-pyrrole nitrogens is 1. The summed E-state index contributed by atoms with van der Waals surface area (Å²) in [5.41, 5.74) is 1.05. The van der Waals surface area contributed by atoms with E-state index in [1.54, 1.807) is 7.05 Å². The molecule has 2 N–H and O–H groups in total. The van der Waals surface area contributed by atoms with Crippen LogP contribution < -0.4 is 16.6 Å². The van der Waals surface area contributed by atoms with Gasteiger partial charge in [0, 0.05) is 27.3 Å². The number of nitrogens with one attached hydrogen (secondary N) is 2. The van der Waals surface area contributed by atoms with Crippen LogP contribution in [0.2, 0.25) is 0 Å². The molecule has 1 fully saturated rings. The third kappa shape index (κ3) is 3.24. The molecule has 4 rings (SSSR count). The summed E-state index contributed by atoms with van der Waals surface area (Å²) >= 11 is 0. The zero-order chi connectivity index (χ0) is 21.5. The highest BCUT2D eigenvalue weighted by molar-refractivity contribution is 5.88. The summed E-state index contributed by atoms with van der Waals surface area (Å²) in [5, 5.41) is 2.97. The second-order valence-electron chi connectivity index (χ2n) is 7.83. The van der Waals surface area contributed by atoms with Gasteiger partial charge in [-0.3, -0.25) is 18.7 Å². The lowest BCUT2D eigenvalue weighted by molar-refractivity contribution is -0.130. The molecule has 0 radical (unpaired) electrons. The van der Waals surface area contributed by atoms with Crippen LogP contribution in [0.4, 0.5) is 0 Å². The molecule has 1 aliphatic rings. The average molecular weight is 411 g/mol. The number of imidazole rings is 1. The summed E-state index contributed by atoms with van der Waals surface area (Å²) < 4.78 is 7.84. The summed E-state index contributed by atoms with van der Waals surface area (Å²) in [5.74, 6) is 0.319. The van der Waals surface area contributed by atoms with Crippen LogP contribution in [0.25, 0.3) is 11.2 Å². The molecule has 9 nitrogen and oxygen atoms in total. The molecule has 0 spiro atoms. The maximum Gasteiger partial charge on any atom is 0.332 e. The standard InChI is InChI=1S/C21H25N5O4/c1-13-4-6-14(7-5-13)21(8-10-30-11-9-21)19(28)22-12-15-23-16-17(24-15)25(2)20(29)26(3)18(16)27/h4-7H,8-12H2,1-3H3,(H,22,28)(H,23,24). The van der Waals surface area contributed by atoms with Gasteiger partial charge < -0.3 is 15.0 Å². The average Bonchev–Trinajstić information content (AvgIpc) is 3.20. The minimum atomic E-state index is -0.666. The number of fused-ring (bicyclic) bond motifs is 1. The van der Waals surface area contributed by atoms with Gasteiger partial charge in [0.2, 0.25) is 5.91 Å². The van der Waals surface area contributed by atoms with Gasteiger partial charge in [0.25, 0.3) is 5.56 Å². The van der Waals surface area contributed by atoms with Gasteiger partial charge in [-0.25, -0.2) is 9.78 Å². The Bertz CT molecular complexity index is 1210. The molecule has 0 saturated carbocycles. The summed E-state index contributed by atoms with van der Waals surface area (Å²) in [6, 6.07) is 8.02. The van der Waals surface area contributed by atoms with Gasteiger partial charge >= 0.3 is 5.69 Å². The number of aromatic nitrogens is 4. The number of carbonyl (C=O) groups is 1. The second kappa shape index (κ2) is 7.56. The van der Waals surface area contributed by atoms with Crippen LogP contribution in [-0.4, -0.2) is 38.2 Å². The molecule has 0 bridgehead atoms. The van der Waals surface area contributed by atoms with E-state index in [2.05, 4.69) is 15.3 Å². The maximum atomic E-state index is 13.3. The highest BCUT2D eigenvalue weighted by Gasteiger charge is 2.41. The number of benzene rings is 1. The van der Waals surface area contributed by atoms with Gasteiger partial charge in [0.05, 0.1) is 12.0 Å². The Morgan fingerprint density at radius 2 is 1.83 bits per heavy atom. The highest BCUT2D eigenvalue weighted by Crippen LogP contribution is 2.35. The second-order valence-corrected chi connectivity index (χ2v) is 7.83. The lowest BCUT2D eigenvalue weighted by Crippen LogP contribution is -2.47. The Morgan fingerprint density at radius 1 is 1.17 bits per heavy atom. The lowest BCUT2D eigenvalue weighted by atomic mass is 9.73. The Morgan fingerprint density at radius 3 is 2.50 bits per heavy atom. The predicted molar refractivity (Wildman–Crippen MR) is 111 cm³/mol. The summed E-state index contributed by atoms with van der Waals surface area (Å²) in [6.07, 6.45) is 1.19. The van der Waals surface area contributed by atoms with Crippen molar-refractivity contribution in [2.24, 2.45) is 14.1 Å². The van der Waals surface area contributed by atoms with Crippen LogP contribution in [0, 0.1) is 6.92 Å². The van der Waals surface area contributed by atoms with Crippen molar-refractivity contribution in [1.29, 1.82) is 0 Å². The minimum Gasteiger partial charge on any atom is -0.381 e. The van der Waals surface area contributed by atoms with E-state index in [1.165, 1.54) is 11.6 Å². The fourth-order valence-corrected chi connectivity index (χ4v) is 4.03. The Balaban J connectivity index is 1.62. The van der Waals surface area contributed by atoms with Crippen LogP contribution in [0.3, 0.4) is 0 Å². The van der Waals surface area contributed by atoms with E-state index in [4.69, 9.17) is 4.74 Å². The molecule has 158 valence electrons. The summed E-state index contributed by atoms with van der Waals surface area (Å²) in [7, 11) is 2.98. The zero-order valence-electron chi connectivity index (χ0n) is 17.3. The number of aromatic amines is 1. The fraction of sp³-hybridized carbons (Fsp3) is 0.429. The van der Waals surface area contributed by atoms with Gasteiger partial charge in [-0.15, -0.1) is 0 Å². The summed E-state index contributed by atoms with van der Waals surface area (Å²) in [6.45, 7) is 3.17. The third-order valence-electron chi connectivity index (χ3n) is 5.95. The van der Waals surface area contributed by atoms with Crippen LogP contribution >= 0.6 is 0 Å². The molecule has 0 atom stereocenters. The number of hydrogen-bond acceptors (Lipinski definition) is 5. The van der Waals surface area contributed by atoms with Crippen molar-refractivity contribution in [2.75, 3.05) is 13.2 Å². The number of amides is 1. The Hall–Kier alpha value is -3.20. The molecule has 1 saturated heterocycles. The maximum absolute atomic E-state index is 13.3. The first kappa shape index (κ1) is 20.1. The van der Waals surface area contributed by atoms with Crippen molar-refractivity contribution >= 4 is 17.1 Å². The molecule has 0 unspecified atom stereocenters. The minimum absolute atomic E-state index is 0.100. The molecule has 1 amide bonds. The fourth-order valence-electron chi connectivity index (χ4n) is 4.03. The molecule has 1 aromatic carbocycles. The molecule has 0 aliphatic carbocycles. The molecular weight excluding hydrogens is 386 g/mol. The van der Waals surface area contributed by atoms with Crippen LogP contribution in [0.15, 0.2) is 33.9 Å². The van der Waals surface area contributed by atoms with E-state index in [0.717, 1.165) is 15.7 Å². The smallest absolute Gasteiger partial charge is 0.332 e. The van der Waals surface area contributed by atoms with E-state index < -0.39 is 16.7 Å². The van der Waals surface area contributed by atoms with Crippen molar-refractivity contribution in [2.45, 2.75) is 31.7 Å². The first-order valence-corrected chi connectivity index (χ1v) is 9.91. The lowest BCUT2D eigenvalue weighted by Gasteiger charge is -2.36. The number of ether oxygens (including phenoxy) is 1. The Labute approximate surface area is 172 Å². The van der Waals surface area contributed by atoms with E-state index in [-0.39, 0.29) is 23.6 Å². The van der Waals surface area contributed by atoms with Crippen molar-refractivity contribution < 1.29 is 9.53 Å². The van der Waals surface area contributed by atoms with Gasteiger partial charge in [-0.2, -0.15) is 0 Å². The van der Waals surface area contributed by atoms with Crippen LogP contribution in [-0.2, 0) is 35.6 Å². The number of rotatable bonds is 4. The monoisotopic (exact) mass is 411 g/mol. The van der Waals surface area contributed by atoms with Crippen LogP contribution in [0.1, 0.15) is 29.8 Å². The summed E-state index contributed by atoms with van der Waals surface area (Å²) in [4.78, 5) is 45.0. The number of nitrogens with zero attached hydrogens (tertiary/aromatic N) is 3. The molecule has 30 heavy (non-hydrogen) atoms. The van der Waals surface area contributed by atoms with E-state index >= 15 is 0 Å². The van der Waals surface area contributed by atoms with Crippen molar-refractivity contribution in [1.82, 2.24) is 24.4 Å². The van der Waals surface area contributed by atoms with Crippen molar-refractivity contribution in [3.63, 3.8) is 0 Å². The number of aryl methyl sites for hydroxylation is 2. The van der Waals surface area contributed by atoms with Crippen molar-refractivity contribution in [3.05, 3.63) is 62.1 Å². The molecule has 2 aromatic heterocycles. The van der Waals surface area contributed by atoms with E-state index in [9.17, 15) is 14.4 Å². The van der Waals surface area contributed by atoms with Crippen molar-refractivity contribution in [3.8, 4) is 0 Å². The first-order chi connectivity index (χ1) is 14.3. The highest BCUT2D eigenvalue weighted by atomic mass is 16.5. The van der Waals surface area contributed by atoms with Gasteiger partial charge in [-0.1, -0.05) is 29.8 Å². The van der Waals surface area contributed by atoms with Crippen LogP contribution in [0.5, 0.6) is 0 Å². The predicted octanol–water partition coefficient (Wildman–Crippen LogP) is 0.633. The van der Waals surface area contributed by atoms with Gasteiger partial charge in [-0.05, 0) is 25.3 Å². The molecule has 9 heteroatoms. The largest absolute Gasteiger partial charge is 0.381 e. The number of carbonyl (C=O) groups excluding carboxylic acids is 1. The quantitative estimate of drug-likeness (QED) is 0.654. The van der Waals surface area contributed by atoms with Gasteiger partial charge in [0.15, 0.2) is 5.65 Å². The van der Waals surface area contributed by atoms with E-state index in [1.807, 2.05) is 31.2 Å². The molecular formula is C21H25N5O4. The molecule has 1 aliphatic heterocycles. The molecule has 3 heterocycles. The number of hydrogen-bond donors (Lipinski definition) is 2. The third-order valence-corrected chi connectivity index (χ3v) is 5.95. The van der Waals surface area contributed by atoms with Gasteiger partial charge in [0.1, 0.15) is 11.3 Å². The first-order valence-electron chi connectivity index (χ1n) is 9.91. The Kier molecular flexibility index (Phi) is 5.07. The SMILES string of the molecule is Cc1ccc(C2(C(=O)NCc3nc4c([nH]3)c(=O)n(C)c(=O)n4C)CCOCC2)cc1. The topological polar surface area (TPSA) is 111 Å². The normalized spacial score (nSPS) is 16.0.